The van der Waals surface area contributed by atoms with Crippen molar-refractivity contribution in [2.75, 3.05) is 20.4 Å². The lowest BCUT2D eigenvalue weighted by atomic mass is 10.1. The number of nitrogens with one attached hydrogen (secondary N) is 2. The van der Waals surface area contributed by atoms with Gasteiger partial charge in [-0.3, -0.25) is 10.9 Å². The van der Waals surface area contributed by atoms with Gasteiger partial charge in [0.2, 0.25) is 6.79 Å². The number of likely N-dealkylation sites (N-methyl/N-ethyl adjacent to an activating group) is 1. The van der Waals surface area contributed by atoms with Gasteiger partial charge in [0.25, 0.3) is 0 Å². The number of nitrogens with zero attached hydrogens (tertiary/aromatic N) is 1. The van der Waals surface area contributed by atoms with Crippen LogP contribution in [0.4, 0.5) is 0 Å². The van der Waals surface area contributed by atoms with E-state index in [2.05, 4.69) is 41.9 Å². The fourth-order valence-corrected chi connectivity index (χ4v) is 3.57. The number of hydrogen-bond donors (Lipinski definition) is 2. The normalized spacial score (nSPS) is 21.0. The molecule has 0 spiro atoms. The van der Waals surface area contributed by atoms with Gasteiger partial charge in [-0.05, 0) is 55.8 Å². The van der Waals surface area contributed by atoms with E-state index in [1.807, 2.05) is 30.3 Å². The first-order valence-electron chi connectivity index (χ1n) is 9.45. The summed E-state index contributed by atoms with van der Waals surface area (Å²) in [6.45, 7) is 4.96. The van der Waals surface area contributed by atoms with Gasteiger partial charge in [0, 0.05) is 25.2 Å². The van der Waals surface area contributed by atoms with E-state index >= 15 is 0 Å². The van der Waals surface area contributed by atoms with Crippen LogP contribution in [0.25, 0.3) is 0 Å². The Labute approximate surface area is 160 Å². The lowest BCUT2D eigenvalue weighted by Gasteiger charge is -2.20. The molecule has 2 aromatic carbocycles. The molecular formula is C21H27N3O3. The highest BCUT2D eigenvalue weighted by molar-refractivity contribution is 5.44. The Morgan fingerprint density at radius 1 is 1.04 bits per heavy atom. The Bertz CT molecular complexity index is 766. The van der Waals surface area contributed by atoms with Crippen LogP contribution in [0.1, 0.15) is 24.5 Å². The first-order chi connectivity index (χ1) is 13.2. The van der Waals surface area contributed by atoms with Crippen molar-refractivity contribution in [2.24, 2.45) is 0 Å². The van der Waals surface area contributed by atoms with Crippen LogP contribution in [0.15, 0.2) is 42.5 Å². The fraction of sp³-hybridized carbons (Fsp3) is 0.429. The van der Waals surface area contributed by atoms with E-state index in [1.165, 1.54) is 5.56 Å². The average Bonchev–Trinajstić information content (AvgIpc) is 3.29. The van der Waals surface area contributed by atoms with E-state index in [-0.39, 0.29) is 0 Å². The van der Waals surface area contributed by atoms with E-state index in [0.29, 0.717) is 25.5 Å². The molecule has 6 nitrogen and oxygen atoms in total. The second kappa shape index (κ2) is 8.17. The zero-order valence-electron chi connectivity index (χ0n) is 15.9. The summed E-state index contributed by atoms with van der Waals surface area (Å²) in [6.07, 6.45) is 1.16. The molecule has 2 aromatic rings. The van der Waals surface area contributed by atoms with Crippen molar-refractivity contribution >= 4 is 0 Å². The second-order valence-corrected chi connectivity index (χ2v) is 7.44. The molecule has 2 aliphatic rings. The third kappa shape index (κ3) is 4.71. The minimum Gasteiger partial charge on any atom is -0.489 e. The van der Waals surface area contributed by atoms with Gasteiger partial charge in [-0.1, -0.05) is 18.2 Å². The minimum absolute atomic E-state index is 0.294. The Kier molecular flexibility index (Phi) is 5.48. The molecule has 0 saturated carbocycles. The van der Waals surface area contributed by atoms with Crippen molar-refractivity contribution in [3.05, 3.63) is 53.6 Å². The summed E-state index contributed by atoms with van der Waals surface area (Å²) in [7, 11) is 2.16. The molecule has 2 aliphatic heterocycles. The minimum atomic E-state index is 0.294. The predicted molar refractivity (Wildman–Crippen MR) is 104 cm³/mol. The number of hydrogen-bond acceptors (Lipinski definition) is 6. The summed E-state index contributed by atoms with van der Waals surface area (Å²) < 4.78 is 16.6. The van der Waals surface area contributed by atoms with Crippen LogP contribution in [0.2, 0.25) is 0 Å². The van der Waals surface area contributed by atoms with Gasteiger partial charge in [0.15, 0.2) is 11.5 Å². The maximum absolute atomic E-state index is 5.90. The summed E-state index contributed by atoms with van der Waals surface area (Å²) in [5.74, 6) is 2.45. The number of benzene rings is 2. The molecule has 0 radical (unpaired) electrons. The van der Waals surface area contributed by atoms with Gasteiger partial charge in [0.1, 0.15) is 12.4 Å². The summed E-state index contributed by atoms with van der Waals surface area (Å²) in [6, 6.07) is 15.3. The lowest BCUT2D eigenvalue weighted by Crippen LogP contribution is -2.39. The van der Waals surface area contributed by atoms with Crippen molar-refractivity contribution in [3.63, 3.8) is 0 Å². The number of rotatable bonds is 7. The van der Waals surface area contributed by atoms with Gasteiger partial charge < -0.3 is 19.1 Å². The molecule has 2 unspecified atom stereocenters. The van der Waals surface area contributed by atoms with Crippen LogP contribution < -0.4 is 25.1 Å². The Morgan fingerprint density at radius 3 is 2.59 bits per heavy atom. The van der Waals surface area contributed by atoms with E-state index in [1.54, 1.807) is 0 Å². The zero-order valence-corrected chi connectivity index (χ0v) is 15.9. The highest BCUT2D eigenvalue weighted by Gasteiger charge is 2.21. The van der Waals surface area contributed by atoms with Crippen LogP contribution in [0, 0.1) is 0 Å². The molecule has 0 amide bonds. The highest BCUT2D eigenvalue weighted by atomic mass is 16.7. The van der Waals surface area contributed by atoms with Crippen LogP contribution in [0.3, 0.4) is 0 Å². The summed E-state index contributed by atoms with van der Waals surface area (Å²) in [4.78, 5) is 2.35. The molecular weight excluding hydrogens is 342 g/mol. The molecule has 1 fully saturated rings. The van der Waals surface area contributed by atoms with Gasteiger partial charge >= 0.3 is 0 Å². The first kappa shape index (κ1) is 18.1. The van der Waals surface area contributed by atoms with Gasteiger partial charge in [-0.2, -0.15) is 0 Å². The lowest BCUT2D eigenvalue weighted by molar-refractivity contribution is 0.174. The molecule has 0 aromatic heterocycles. The van der Waals surface area contributed by atoms with Crippen LogP contribution in [-0.4, -0.2) is 37.4 Å². The Morgan fingerprint density at radius 2 is 1.81 bits per heavy atom. The maximum Gasteiger partial charge on any atom is 0.231 e. The second-order valence-electron chi connectivity index (χ2n) is 7.44. The van der Waals surface area contributed by atoms with Gasteiger partial charge in [-0.15, -0.1) is 0 Å². The number of ether oxygens (including phenoxy) is 3. The fourth-order valence-electron chi connectivity index (χ4n) is 3.57. The van der Waals surface area contributed by atoms with Crippen molar-refractivity contribution in [1.82, 2.24) is 15.8 Å². The summed E-state index contributed by atoms with van der Waals surface area (Å²) >= 11 is 0. The quantitative estimate of drug-likeness (QED) is 0.783. The first-order valence-corrected chi connectivity index (χ1v) is 9.45. The van der Waals surface area contributed by atoms with Crippen molar-refractivity contribution in [2.45, 2.75) is 38.6 Å². The van der Waals surface area contributed by atoms with Crippen LogP contribution >= 0.6 is 0 Å². The number of hydrazine groups is 1. The molecule has 2 N–H and O–H groups in total. The zero-order chi connectivity index (χ0) is 18.6. The Balaban J connectivity index is 1.26. The molecule has 144 valence electrons. The molecule has 4 rings (SSSR count). The van der Waals surface area contributed by atoms with Crippen molar-refractivity contribution < 1.29 is 14.2 Å². The van der Waals surface area contributed by atoms with Gasteiger partial charge in [-0.25, -0.2) is 0 Å². The van der Waals surface area contributed by atoms with Gasteiger partial charge in [0.05, 0.1) is 0 Å². The SMILES string of the molecule is CC1CC(CN(C)Cc2ccc(OCc3ccc4c(c3)OCO4)cc2)NN1. The molecule has 27 heavy (non-hydrogen) atoms. The van der Waals surface area contributed by atoms with Crippen molar-refractivity contribution in [1.29, 1.82) is 0 Å². The predicted octanol–water partition coefficient (Wildman–Crippen LogP) is 2.68. The smallest absolute Gasteiger partial charge is 0.231 e. The summed E-state index contributed by atoms with van der Waals surface area (Å²) in [5.41, 5.74) is 8.98. The van der Waals surface area contributed by atoms with Crippen LogP contribution in [0.5, 0.6) is 17.2 Å². The van der Waals surface area contributed by atoms with E-state index in [0.717, 1.165) is 42.3 Å². The largest absolute Gasteiger partial charge is 0.489 e. The molecule has 1 saturated heterocycles. The third-order valence-corrected chi connectivity index (χ3v) is 4.92. The topological polar surface area (TPSA) is 55.0 Å². The third-order valence-electron chi connectivity index (χ3n) is 4.92. The standard InChI is InChI=1S/C21H27N3O3/c1-15-9-18(23-22-15)12-24(2)11-16-3-6-19(7-4-16)25-13-17-5-8-20-21(10-17)27-14-26-20/h3-8,10,15,18,22-23H,9,11-14H2,1-2H3. The van der Waals surface area contributed by atoms with E-state index < -0.39 is 0 Å². The highest BCUT2D eigenvalue weighted by Crippen LogP contribution is 2.32. The molecule has 2 heterocycles. The summed E-state index contributed by atoms with van der Waals surface area (Å²) in [5, 5.41) is 0. The van der Waals surface area contributed by atoms with Crippen molar-refractivity contribution in [3.8, 4) is 17.2 Å². The molecule has 6 heteroatoms. The Hall–Kier alpha value is -2.28. The van der Waals surface area contributed by atoms with E-state index in [4.69, 9.17) is 14.2 Å². The van der Waals surface area contributed by atoms with Crippen LogP contribution in [-0.2, 0) is 13.2 Å². The average molecular weight is 369 g/mol. The monoisotopic (exact) mass is 369 g/mol. The molecule has 2 atom stereocenters. The number of fused-ring (bicyclic) bond motifs is 1. The van der Waals surface area contributed by atoms with E-state index in [9.17, 15) is 0 Å². The maximum atomic E-state index is 5.90. The molecule has 0 aliphatic carbocycles. The molecule has 0 bridgehead atoms.